The van der Waals surface area contributed by atoms with Crippen LogP contribution in [0, 0.1) is 6.92 Å². The molecule has 0 unspecified atom stereocenters. The molecule has 0 saturated heterocycles. The number of pyridine rings is 1. The maximum Gasteiger partial charge on any atom is 0.322 e. The number of aryl methyl sites for hydroxylation is 1. The topological polar surface area (TPSA) is 93.3 Å². The summed E-state index contributed by atoms with van der Waals surface area (Å²) in [6, 6.07) is 11.0. The van der Waals surface area contributed by atoms with Crippen LogP contribution in [0.15, 0.2) is 48.8 Å². The van der Waals surface area contributed by atoms with Crippen LogP contribution in [0.3, 0.4) is 0 Å². The Kier molecular flexibility index (Phi) is 4.98. The number of hydrogen-bond acceptors (Lipinski definition) is 3. The van der Waals surface area contributed by atoms with Gasteiger partial charge in [0.2, 0.25) is 0 Å². The lowest BCUT2D eigenvalue weighted by Crippen LogP contribution is -2.41. The van der Waals surface area contributed by atoms with Crippen molar-refractivity contribution in [2.75, 3.05) is 11.9 Å². The van der Waals surface area contributed by atoms with Crippen molar-refractivity contribution in [1.82, 2.24) is 14.5 Å². The molecule has 3 heterocycles. The lowest BCUT2D eigenvalue weighted by Gasteiger charge is -2.30. The molecule has 0 atom stereocenters. The van der Waals surface area contributed by atoms with Crippen molar-refractivity contribution >= 4 is 29.2 Å². The average Bonchev–Trinajstić information content (AvgIpc) is 3.01. The number of halogens is 1. The van der Waals surface area contributed by atoms with Crippen molar-refractivity contribution < 1.29 is 9.59 Å². The third kappa shape index (κ3) is 3.56. The lowest BCUT2D eigenvalue weighted by molar-refractivity contribution is 0.0997. The molecule has 0 radical (unpaired) electrons. The predicted octanol–water partition coefficient (Wildman–Crippen LogP) is 3.66. The van der Waals surface area contributed by atoms with Gasteiger partial charge in [-0.2, -0.15) is 0 Å². The van der Waals surface area contributed by atoms with Crippen LogP contribution in [0.2, 0.25) is 5.02 Å². The summed E-state index contributed by atoms with van der Waals surface area (Å²) in [4.78, 5) is 30.7. The van der Waals surface area contributed by atoms with E-state index in [-0.39, 0.29) is 18.1 Å². The predicted molar refractivity (Wildman–Crippen MR) is 112 cm³/mol. The molecular weight excluding hydrogens is 390 g/mol. The number of amides is 3. The maximum absolute atomic E-state index is 12.8. The summed E-state index contributed by atoms with van der Waals surface area (Å²) >= 11 is 6.55. The monoisotopic (exact) mass is 409 g/mol. The normalized spacial score (nSPS) is 13.1. The number of nitrogens with zero attached hydrogens (tertiary/aromatic N) is 3. The van der Waals surface area contributed by atoms with Crippen LogP contribution in [0.4, 0.5) is 10.5 Å². The first-order chi connectivity index (χ1) is 14.0. The molecule has 0 spiro atoms. The Morgan fingerprint density at radius 3 is 2.59 bits per heavy atom. The highest BCUT2D eigenvalue weighted by atomic mass is 35.5. The molecule has 3 N–H and O–H groups in total. The zero-order valence-corrected chi connectivity index (χ0v) is 16.6. The smallest absolute Gasteiger partial charge is 0.322 e. The zero-order chi connectivity index (χ0) is 20.5. The first kappa shape index (κ1) is 19.0. The standard InChI is InChI=1S/C21H20ClN5O2/c1-13-4-6-15(7-5-13)25-21(29)26-9-10-27-16(12-26)17(20(23)28)18(22)19(27)14-3-2-8-24-11-14/h2-8,11H,9-10,12H2,1H3,(H2,23,28)(H,25,29). The highest BCUT2D eigenvalue weighted by Crippen LogP contribution is 2.37. The SMILES string of the molecule is Cc1ccc(NC(=O)N2CCn3c(c(C(N)=O)c(Cl)c3-c3cccnc3)C2)cc1. The summed E-state index contributed by atoms with van der Waals surface area (Å²) in [5.74, 6) is -0.616. The van der Waals surface area contributed by atoms with Gasteiger partial charge >= 0.3 is 6.03 Å². The first-order valence-corrected chi connectivity index (χ1v) is 9.57. The lowest BCUT2D eigenvalue weighted by atomic mass is 10.1. The van der Waals surface area contributed by atoms with Gasteiger partial charge in [0.05, 0.1) is 28.5 Å². The Balaban J connectivity index is 1.66. The van der Waals surface area contributed by atoms with Gasteiger partial charge in [0.25, 0.3) is 5.91 Å². The van der Waals surface area contributed by atoms with Gasteiger partial charge in [0.15, 0.2) is 0 Å². The highest BCUT2D eigenvalue weighted by Gasteiger charge is 2.31. The molecule has 29 heavy (non-hydrogen) atoms. The van der Waals surface area contributed by atoms with Gasteiger partial charge in [-0.15, -0.1) is 0 Å². The fourth-order valence-electron chi connectivity index (χ4n) is 3.57. The Morgan fingerprint density at radius 1 is 1.17 bits per heavy atom. The minimum Gasteiger partial charge on any atom is -0.365 e. The molecule has 0 aliphatic carbocycles. The average molecular weight is 410 g/mol. The molecule has 3 aromatic rings. The van der Waals surface area contributed by atoms with Gasteiger partial charge in [-0.3, -0.25) is 9.78 Å². The van der Waals surface area contributed by atoms with Crippen molar-refractivity contribution in [3.05, 3.63) is 70.6 Å². The van der Waals surface area contributed by atoms with Gasteiger partial charge in [0, 0.05) is 36.7 Å². The second-order valence-corrected chi connectivity index (χ2v) is 7.34. The number of carbonyl (C=O) groups is 2. The van der Waals surface area contributed by atoms with Crippen LogP contribution in [0.1, 0.15) is 21.6 Å². The summed E-state index contributed by atoms with van der Waals surface area (Å²) in [6.45, 7) is 3.18. The second kappa shape index (κ2) is 7.60. The number of anilines is 1. The summed E-state index contributed by atoms with van der Waals surface area (Å²) in [5.41, 5.74) is 9.82. The van der Waals surface area contributed by atoms with Crippen molar-refractivity contribution in [3.63, 3.8) is 0 Å². The van der Waals surface area contributed by atoms with Crippen molar-refractivity contribution in [3.8, 4) is 11.3 Å². The Morgan fingerprint density at radius 2 is 1.93 bits per heavy atom. The maximum atomic E-state index is 12.8. The van der Waals surface area contributed by atoms with E-state index in [1.165, 1.54) is 0 Å². The number of aromatic nitrogens is 2. The Hall–Kier alpha value is -3.32. The van der Waals surface area contributed by atoms with Crippen molar-refractivity contribution in [1.29, 1.82) is 0 Å². The van der Waals surface area contributed by atoms with Crippen LogP contribution in [-0.2, 0) is 13.1 Å². The fourth-order valence-corrected chi connectivity index (χ4v) is 3.99. The molecule has 1 aliphatic rings. The summed E-state index contributed by atoms with van der Waals surface area (Å²) in [7, 11) is 0. The molecule has 4 rings (SSSR count). The van der Waals surface area contributed by atoms with Crippen LogP contribution in [0.25, 0.3) is 11.3 Å². The van der Waals surface area contributed by atoms with E-state index in [0.29, 0.717) is 35.2 Å². The molecule has 0 saturated carbocycles. The number of carbonyl (C=O) groups excluding carboxylic acids is 2. The third-order valence-electron chi connectivity index (χ3n) is 5.02. The van der Waals surface area contributed by atoms with E-state index < -0.39 is 5.91 Å². The second-order valence-electron chi connectivity index (χ2n) is 6.96. The van der Waals surface area contributed by atoms with Gasteiger partial charge in [-0.25, -0.2) is 4.79 Å². The van der Waals surface area contributed by atoms with E-state index in [0.717, 1.165) is 11.1 Å². The molecule has 8 heteroatoms. The molecule has 0 fully saturated rings. The largest absolute Gasteiger partial charge is 0.365 e. The molecule has 3 amide bonds. The third-order valence-corrected chi connectivity index (χ3v) is 5.39. The number of urea groups is 1. The first-order valence-electron chi connectivity index (χ1n) is 9.19. The number of nitrogens with one attached hydrogen (secondary N) is 1. The van der Waals surface area contributed by atoms with E-state index in [4.69, 9.17) is 17.3 Å². The number of hydrogen-bond donors (Lipinski definition) is 2. The molecular formula is C21H20ClN5O2. The van der Waals surface area contributed by atoms with Gasteiger partial charge in [0.1, 0.15) is 0 Å². The molecule has 1 aromatic carbocycles. The minimum absolute atomic E-state index is 0.232. The summed E-state index contributed by atoms with van der Waals surface area (Å²) in [6.07, 6.45) is 3.36. The number of primary amides is 1. The van der Waals surface area contributed by atoms with Crippen molar-refractivity contribution in [2.45, 2.75) is 20.0 Å². The van der Waals surface area contributed by atoms with E-state index >= 15 is 0 Å². The fraction of sp³-hybridized carbons (Fsp3) is 0.190. The summed E-state index contributed by atoms with van der Waals surface area (Å²) < 4.78 is 1.95. The molecule has 148 valence electrons. The molecule has 0 bridgehead atoms. The Bertz CT molecular complexity index is 1080. The molecule has 2 aromatic heterocycles. The van der Waals surface area contributed by atoms with Crippen LogP contribution < -0.4 is 11.1 Å². The zero-order valence-electron chi connectivity index (χ0n) is 15.9. The van der Waals surface area contributed by atoms with Gasteiger partial charge < -0.3 is 20.5 Å². The van der Waals surface area contributed by atoms with Crippen LogP contribution in [0.5, 0.6) is 0 Å². The van der Waals surface area contributed by atoms with Gasteiger partial charge in [-0.05, 0) is 31.2 Å². The number of rotatable bonds is 3. The minimum atomic E-state index is -0.616. The van der Waals surface area contributed by atoms with E-state index in [1.54, 1.807) is 23.4 Å². The number of benzene rings is 1. The highest BCUT2D eigenvalue weighted by molar-refractivity contribution is 6.36. The Labute approximate surface area is 173 Å². The summed E-state index contributed by atoms with van der Waals surface area (Å²) in [5, 5.41) is 3.18. The van der Waals surface area contributed by atoms with E-state index in [9.17, 15) is 9.59 Å². The van der Waals surface area contributed by atoms with Gasteiger partial charge in [-0.1, -0.05) is 29.3 Å². The van der Waals surface area contributed by atoms with Crippen LogP contribution >= 0.6 is 11.6 Å². The molecule has 7 nitrogen and oxygen atoms in total. The quantitative estimate of drug-likeness (QED) is 0.691. The van der Waals surface area contributed by atoms with Crippen LogP contribution in [-0.4, -0.2) is 32.9 Å². The van der Waals surface area contributed by atoms with E-state index in [1.807, 2.05) is 41.8 Å². The van der Waals surface area contributed by atoms with Crippen molar-refractivity contribution in [2.24, 2.45) is 5.73 Å². The van der Waals surface area contributed by atoms with E-state index in [2.05, 4.69) is 10.3 Å². The number of nitrogens with two attached hydrogens (primary N) is 1. The molecule has 1 aliphatic heterocycles. The number of fused-ring (bicyclic) bond motifs is 1.